The third-order valence-electron chi connectivity index (χ3n) is 5.82. The number of azo groups is 1. The van der Waals surface area contributed by atoms with Gasteiger partial charge in [0.05, 0.1) is 11.1 Å². The minimum absolute atomic E-state index is 0.0730. The summed E-state index contributed by atoms with van der Waals surface area (Å²) in [4.78, 5) is 24.3. The SMILES string of the molecule is CCCn1c(O)c(N=NC(=O)Nc2cccc(F)c2)c2cc(SCCCc3ccc(C(=O)O)cc3)ccc21. The zero-order valence-electron chi connectivity index (χ0n) is 20.7. The van der Waals surface area contributed by atoms with E-state index in [1.54, 1.807) is 28.5 Å². The lowest BCUT2D eigenvalue weighted by Gasteiger charge is -2.06. The van der Waals surface area contributed by atoms with Gasteiger partial charge in [-0.05, 0) is 79.1 Å². The average Bonchev–Trinajstić information content (AvgIpc) is 3.15. The summed E-state index contributed by atoms with van der Waals surface area (Å²) in [7, 11) is 0. The van der Waals surface area contributed by atoms with Crippen molar-refractivity contribution in [3.8, 4) is 5.88 Å². The quantitative estimate of drug-likeness (QED) is 0.110. The molecule has 0 saturated heterocycles. The van der Waals surface area contributed by atoms with Gasteiger partial charge in [0.15, 0.2) is 5.69 Å². The highest BCUT2D eigenvalue weighted by molar-refractivity contribution is 7.99. The molecule has 8 nitrogen and oxygen atoms in total. The summed E-state index contributed by atoms with van der Waals surface area (Å²) in [6, 6.07) is 17.4. The number of aryl methyl sites for hydroxylation is 2. The minimum Gasteiger partial charge on any atom is -0.493 e. The molecule has 0 saturated carbocycles. The van der Waals surface area contributed by atoms with Gasteiger partial charge in [-0.15, -0.1) is 16.9 Å². The molecule has 0 fully saturated rings. The van der Waals surface area contributed by atoms with Gasteiger partial charge in [0.25, 0.3) is 0 Å². The Bertz CT molecular complexity index is 1480. The number of anilines is 1. The van der Waals surface area contributed by atoms with E-state index < -0.39 is 17.8 Å². The number of benzene rings is 3. The Hall–Kier alpha value is -4.18. The molecule has 0 aliphatic heterocycles. The summed E-state index contributed by atoms with van der Waals surface area (Å²) >= 11 is 1.66. The molecule has 4 rings (SSSR count). The first kappa shape index (κ1) is 26.9. The van der Waals surface area contributed by atoms with Crippen LogP contribution in [-0.4, -0.2) is 32.5 Å². The molecule has 0 aliphatic carbocycles. The van der Waals surface area contributed by atoms with Crippen LogP contribution in [-0.2, 0) is 13.0 Å². The first-order valence-corrected chi connectivity index (χ1v) is 13.1. The number of thioether (sulfide) groups is 1. The number of urea groups is 1. The number of nitrogens with zero attached hydrogens (tertiary/aromatic N) is 3. The van der Waals surface area contributed by atoms with Crippen molar-refractivity contribution in [1.29, 1.82) is 0 Å². The average molecular weight is 535 g/mol. The standard InChI is InChI=1S/C28H27FN4O4S/c1-2-14-33-24-13-12-22(38-15-4-5-18-8-10-19(11-9-18)27(35)36)17-23(24)25(26(33)34)31-32-28(37)30-21-7-3-6-20(29)16-21/h3,6-13,16-17,34H,2,4-5,14-15H2,1H3,(H,30,37)(H,35,36). The lowest BCUT2D eigenvalue weighted by Crippen LogP contribution is -2.05. The number of rotatable bonds is 10. The number of amides is 2. The summed E-state index contributed by atoms with van der Waals surface area (Å²) in [6.45, 7) is 2.57. The molecule has 0 aliphatic rings. The van der Waals surface area contributed by atoms with Crippen molar-refractivity contribution in [3.63, 3.8) is 0 Å². The van der Waals surface area contributed by atoms with Crippen molar-refractivity contribution < 1.29 is 24.2 Å². The van der Waals surface area contributed by atoms with Gasteiger partial charge in [0.2, 0.25) is 5.88 Å². The number of carbonyl (C=O) groups excluding carboxylic acids is 1. The number of nitrogens with one attached hydrogen (secondary N) is 1. The third-order valence-corrected chi connectivity index (χ3v) is 6.90. The molecule has 0 unspecified atom stereocenters. The maximum Gasteiger partial charge on any atom is 0.364 e. The summed E-state index contributed by atoms with van der Waals surface area (Å²) in [5, 5.41) is 30.8. The van der Waals surface area contributed by atoms with E-state index >= 15 is 0 Å². The molecule has 38 heavy (non-hydrogen) atoms. The third kappa shape index (κ3) is 6.57. The molecule has 0 spiro atoms. The van der Waals surface area contributed by atoms with Crippen molar-refractivity contribution in [1.82, 2.24) is 4.57 Å². The molecule has 1 aromatic heterocycles. The lowest BCUT2D eigenvalue weighted by molar-refractivity contribution is 0.0697. The fourth-order valence-corrected chi connectivity index (χ4v) is 4.92. The van der Waals surface area contributed by atoms with Gasteiger partial charge in [-0.25, -0.2) is 14.0 Å². The van der Waals surface area contributed by atoms with E-state index in [-0.39, 0.29) is 22.8 Å². The van der Waals surface area contributed by atoms with Crippen molar-refractivity contribution in [3.05, 3.63) is 83.7 Å². The Morgan fingerprint density at radius 2 is 1.87 bits per heavy atom. The summed E-state index contributed by atoms with van der Waals surface area (Å²) in [5.74, 6) is -0.662. The van der Waals surface area contributed by atoms with Gasteiger partial charge in [-0.1, -0.05) is 30.2 Å². The fraction of sp³-hybridized carbons (Fsp3) is 0.214. The number of carbonyl (C=O) groups is 2. The molecule has 1 heterocycles. The van der Waals surface area contributed by atoms with E-state index in [0.29, 0.717) is 11.9 Å². The highest BCUT2D eigenvalue weighted by Gasteiger charge is 2.17. The topological polar surface area (TPSA) is 116 Å². The Morgan fingerprint density at radius 3 is 2.58 bits per heavy atom. The van der Waals surface area contributed by atoms with E-state index in [4.69, 9.17) is 5.11 Å². The van der Waals surface area contributed by atoms with Crippen LogP contribution in [0, 0.1) is 5.82 Å². The summed E-state index contributed by atoms with van der Waals surface area (Å²) < 4.78 is 15.1. The first-order chi connectivity index (χ1) is 18.4. The number of fused-ring (bicyclic) bond motifs is 1. The largest absolute Gasteiger partial charge is 0.493 e. The van der Waals surface area contributed by atoms with E-state index in [2.05, 4.69) is 15.5 Å². The second-order valence-electron chi connectivity index (χ2n) is 8.60. The van der Waals surface area contributed by atoms with Gasteiger partial charge in [-0.2, -0.15) is 0 Å². The predicted octanol–water partition coefficient (Wildman–Crippen LogP) is 7.63. The first-order valence-electron chi connectivity index (χ1n) is 12.1. The van der Waals surface area contributed by atoms with Crippen LogP contribution in [0.3, 0.4) is 0 Å². The molecule has 10 heteroatoms. The second kappa shape index (κ2) is 12.4. The van der Waals surface area contributed by atoms with Crippen LogP contribution in [0.5, 0.6) is 5.88 Å². The Labute approximate surface area is 223 Å². The Morgan fingerprint density at radius 1 is 1.08 bits per heavy atom. The van der Waals surface area contributed by atoms with E-state index in [0.717, 1.165) is 41.0 Å². The van der Waals surface area contributed by atoms with Crippen LogP contribution in [0.15, 0.2) is 81.9 Å². The van der Waals surface area contributed by atoms with Crippen molar-refractivity contribution >= 4 is 46.0 Å². The number of carboxylic acid groups (broad SMARTS) is 1. The summed E-state index contributed by atoms with van der Waals surface area (Å²) in [5.41, 5.74) is 2.58. The van der Waals surface area contributed by atoms with Gasteiger partial charge >= 0.3 is 12.0 Å². The zero-order chi connectivity index (χ0) is 27.1. The normalized spacial score (nSPS) is 11.3. The summed E-state index contributed by atoms with van der Waals surface area (Å²) in [6.07, 6.45) is 2.50. The highest BCUT2D eigenvalue weighted by atomic mass is 32.2. The number of aromatic hydroxyl groups is 1. The molecule has 0 bridgehead atoms. The molecule has 0 radical (unpaired) electrons. The fourth-order valence-electron chi connectivity index (χ4n) is 4.03. The van der Waals surface area contributed by atoms with E-state index in [1.165, 1.54) is 24.3 Å². The highest BCUT2D eigenvalue weighted by Crippen LogP contribution is 2.41. The predicted molar refractivity (Wildman–Crippen MR) is 146 cm³/mol. The zero-order valence-corrected chi connectivity index (χ0v) is 21.5. The Balaban J connectivity index is 1.47. The van der Waals surface area contributed by atoms with E-state index in [9.17, 15) is 19.1 Å². The number of hydrogen-bond donors (Lipinski definition) is 3. The minimum atomic E-state index is -0.938. The van der Waals surface area contributed by atoms with Crippen LogP contribution < -0.4 is 5.32 Å². The van der Waals surface area contributed by atoms with Gasteiger partial charge in [0.1, 0.15) is 5.82 Å². The Kier molecular flexibility index (Phi) is 8.75. The number of aromatic nitrogens is 1. The number of hydrogen-bond acceptors (Lipinski definition) is 5. The second-order valence-corrected chi connectivity index (χ2v) is 9.77. The van der Waals surface area contributed by atoms with Crippen molar-refractivity contribution in [2.45, 2.75) is 37.6 Å². The molecule has 4 aromatic rings. The maximum atomic E-state index is 13.4. The van der Waals surface area contributed by atoms with Crippen molar-refractivity contribution in [2.75, 3.05) is 11.1 Å². The molecule has 0 atom stereocenters. The maximum absolute atomic E-state index is 13.4. The van der Waals surface area contributed by atoms with E-state index in [1.807, 2.05) is 37.3 Å². The molecule has 2 amide bonds. The lowest BCUT2D eigenvalue weighted by atomic mass is 10.1. The van der Waals surface area contributed by atoms with Crippen LogP contribution in [0.4, 0.5) is 20.6 Å². The monoisotopic (exact) mass is 534 g/mol. The van der Waals surface area contributed by atoms with Crippen LogP contribution in [0.25, 0.3) is 10.9 Å². The molecule has 3 aromatic carbocycles. The molecule has 196 valence electrons. The van der Waals surface area contributed by atoms with Gasteiger partial charge in [0, 0.05) is 22.5 Å². The van der Waals surface area contributed by atoms with Gasteiger partial charge in [-0.3, -0.25) is 0 Å². The van der Waals surface area contributed by atoms with Crippen LogP contribution >= 0.6 is 11.8 Å². The smallest absolute Gasteiger partial charge is 0.364 e. The molecular formula is C28H27FN4O4S. The van der Waals surface area contributed by atoms with Gasteiger partial charge < -0.3 is 20.1 Å². The number of carboxylic acids is 1. The number of halogens is 1. The van der Waals surface area contributed by atoms with Crippen LogP contribution in [0.2, 0.25) is 0 Å². The molecule has 3 N–H and O–H groups in total. The van der Waals surface area contributed by atoms with Crippen molar-refractivity contribution in [2.24, 2.45) is 10.2 Å². The number of aromatic carboxylic acids is 1. The molecular weight excluding hydrogens is 507 g/mol. The van der Waals surface area contributed by atoms with Crippen LogP contribution in [0.1, 0.15) is 35.7 Å².